The summed E-state index contributed by atoms with van der Waals surface area (Å²) in [4.78, 5) is 39.4. The van der Waals surface area contributed by atoms with E-state index >= 15 is 0 Å². The number of carbonyl (C=O) groups is 2. The number of carbonyl (C=O) groups excluding carboxylic acids is 2. The number of pyridine rings is 1. The average Bonchev–Trinajstić information content (AvgIpc) is 3.41. The van der Waals surface area contributed by atoms with Gasteiger partial charge in [0.05, 0.1) is 31.6 Å². The zero-order valence-corrected chi connectivity index (χ0v) is 18.9. The Morgan fingerprint density at radius 2 is 1.97 bits per heavy atom. The van der Waals surface area contributed by atoms with Gasteiger partial charge >= 0.3 is 6.03 Å². The lowest BCUT2D eigenvalue weighted by Crippen LogP contribution is -2.53. The van der Waals surface area contributed by atoms with Crippen molar-refractivity contribution in [2.24, 2.45) is 4.99 Å². The van der Waals surface area contributed by atoms with Crippen LogP contribution in [-0.2, 0) is 0 Å². The summed E-state index contributed by atoms with van der Waals surface area (Å²) >= 11 is 0. The molecule has 172 valence electrons. The van der Waals surface area contributed by atoms with Crippen LogP contribution in [0.1, 0.15) is 48.9 Å². The number of amidine groups is 1. The molecule has 1 spiro atoms. The minimum Gasteiger partial charge on any atom is -0.497 e. The van der Waals surface area contributed by atoms with Crippen LogP contribution in [0.5, 0.6) is 5.75 Å². The number of rotatable bonds is 4. The molecule has 3 fully saturated rings. The number of likely N-dealkylation sites (tertiary alicyclic amines) is 1. The molecule has 2 saturated heterocycles. The van der Waals surface area contributed by atoms with Gasteiger partial charge in [-0.15, -0.1) is 0 Å². The number of hydrogen-bond acceptors (Lipinski definition) is 5. The van der Waals surface area contributed by atoms with Gasteiger partial charge in [0, 0.05) is 18.3 Å². The highest BCUT2D eigenvalue weighted by atomic mass is 16.5. The van der Waals surface area contributed by atoms with Gasteiger partial charge in [-0.25, -0.2) is 4.79 Å². The lowest BCUT2D eigenvalue weighted by Gasteiger charge is -2.33. The molecular weight excluding hydrogens is 418 g/mol. The Balaban J connectivity index is 1.48. The zero-order valence-electron chi connectivity index (χ0n) is 18.9. The van der Waals surface area contributed by atoms with Crippen LogP contribution in [0.2, 0.25) is 0 Å². The van der Waals surface area contributed by atoms with E-state index in [2.05, 4.69) is 10.3 Å². The van der Waals surface area contributed by atoms with Gasteiger partial charge in [-0.1, -0.05) is 19.3 Å². The fraction of sp³-hybridized carbons (Fsp3) is 0.440. The predicted molar refractivity (Wildman–Crippen MR) is 126 cm³/mol. The predicted octanol–water partition coefficient (Wildman–Crippen LogP) is 3.64. The molecule has 1 aliphatic carbocycles. The summed E-state index contributed by atoms with van der Waals surface area (Å²) in [6.45, 7) is 0.928. The monoisotopic (exact) mass is 447 g/mol. The fourth-order valence-electron chi connectivity index (χ4n) is 5.23. The Kier molecular flexibility index (Phi) is 5.74. The van der Waals surface area contributed by atoms with Crippen LogP contribution in [0.15, 0.2) is 53.8 Å². The number of benzene rings is 1. The Bertz CT molecular complexity index is 1050. The van der Waals surface area contributed by atoms with Crippen molar-refractivity contribution >= 4 is 23.5 Å². The molecular formula is C25H29N5O3. The number of nitrogens with zero attached hydrogens (tertiary/aromatic N) is 4. The molecule has 1 aromatic carbocycles. The minimum atomic E-state index is -0.709. The van der Waals surface area contributed by atoms with Crippen molar-refractivity contribution in [2.75, 3.05) is 25.1 Å². The van der Waals surface area contributed by atoms with Crippen molar-refractivity contribution in [3.05, 3.63) is 54.4 Å². The van der Waals surface area contributed by atoms with Crippen LogP contribution >= 0.6 is 0 Å². The highest BCUT2D eigenvalue weighted by Crippen LogP contribution is 2.38. The first-order chi connectivity index (χ1) is 16.1. The number of anilines is 1. The van der Waals surface area contributed by atoms with Gasteiger partial charge in [-0.05, 0) is 55.7 Å². The average molecular weight is 448 g/mol. The molecule has 8 heteroatoms. The van der Waals surface area contributed by atoms with E-state index in [1.54, 1.807) is 48.7 Å². The fourth-order valence-corrected chi connectivity index (χ4v) is 5.23. The van der Waals surface area contributed by atoms with E-state index < -0.39 is 5.54 Å². The van der Waals surface area contributed by atoms with E-state index in [1.165, 1.54) is 6.42 Å². The number of aromatic nitrogens is 1. The summed E-state index contributed by atoms with van der Waals surface area (Å²) in [6.07, 6.45) is 9.65. The molecule has 1 N–H and O–H groups in total. The number of hydrogen-bond donors (Lipinski definition) is 1. The molecule has 33 heavy (non-hydrogen) atoms. The Hall–Kier alpha value is -3.42. The van der Waals surface area contributed by atoms with Crippen molar-refractivity contribution < 1.29 is 14.3 Å². The lowest BCUT2D eigenvalue weighted by molar-refractivity contribution is 0.0788. The third kappa shape index (κ3) is 3.94. The summed E-state index contributed by atoms with van der Waals surface area (Å²) in [6, 6.07) is 10.8. The van der Waals surface area contributed by atoms with Gasteiger partial charge in [0.1, 0.15) is 17.1 Å². The molecule has 2 aromatic rings. The maximum Gasteiger partial charge on any atom is 0.328 e. The van der Waals surface area contributed by atoms with Crippen LogP contribution in [-0.4, -0.2) is 59.4 Å². The molecule has 3 amide bonds. The van der Waals surface area contributed by atoms with Crippen LogP contribution in [0, 0.1) is 0 Å². The van der Waals surface area contributed by atoms with Crippen LogP contribution in [0.4, 0.5) is 10.5 Å². The van der Waals surface area contributed by atoms with E-state index in [-0.39, 0.29) is 18.0 Å². The molecule has 8 nitrogen and oxygen atoms in total. The van der Waals surface area contributed by atoms with Crippen molar-refractivity contribution in [3.8, 4) is 5.75 Å². The maximum atomic E-state index is 13.3. The van der Waals surface area contributed by atoms with Gasteiger partial charge in [0.2, 0.25) is 0 Å². The molecule has 0 radical (unpaired) electrons. The van der Waals surface area contributed by atoms with E-state index in [1.807, 2.05) is 17.0 Å². The van der Waals surface area contributed by atoms with E-state index in [9.17, 15) is 9.59 Å². The Labute approximate surface area is 193 Å². The number of amides is 3. The van der Waals surface area contributed by atoms with E-state index in [4.69, 9.17) is 9.73 Å². The molecule has 5 rings (SSSR count). The van der Waals surface area contributed by atoms with Gasteiger partial charge < -0.3 is 9.64 Å². The van der Waals surface area contributed by atoms with E-state index in [0.717, 1.165) is 25.7 Å². The van der Waals surface area contributed by atoms with E-state index in [0.29, 0.717) is 42.3 Å². The zero-order chi connectivity index (χ0) is 22.8. The minimum absolute atomic E-state index is 0.0583. The topological polar surface area (TPSA) is 87.1 Å². The number of urea groups is 1. The highest BCUT2D eigenvalue weighted by Gasteiger charge is 2.56. The van der Waals surface area contributed by atoms with Gasteiger partial charge in [0.25, 0.3) is 5.91 Å². The van der Waals surface area contributed by atoms with Crippen LogP contribution in [0.3, 0.4) is 0 Å². The first kappa shape index (κ1) is 21.4. The first-order valence-electron chi connectivity index (χ1n) is 11.6. The third-order valence-electron chi connectivity index (χ3n) is 6.96. The van der Waals surface area contributed by atoms with Crippen molar-refractivity contribution in [1.82, 2.24) is 15.2 Å². The second kappa shape index (κ2) is 8.84. The van der Waals surface area contributed by atoms with Crippen molar-refractivity contribution in [3.63, 3.8) is 0 Å². The summed E-state index contributed by atoms with van der Waals surface area (Å²) in [5, 5.41) is 3.05. The van der Waals surface area contributed by atoms with Crippen LogP contribution in [0.25, 0.3) is 0 Å². The second-order valence-electron chi connectivity index (χ2n) is 8.98. The number of aliphatic imine (C=N–C) groups is 1. The Morgan fingerprint density at radius 1 is 1.18 bits per heavy atom. The number of ether oxygens (including phenoxy) is 1. The summed E-state index contributed by atoms with van der Waals surface area (Å²) < 4.78 is 5.21. The quantitative estimate of drug-likeness (QED) is 0.775. The first-order valence-corrected chi connectivity index (χ1v) is 11.6. The van der Waals surface area contributed by atoms with Gasteiger partial charge in [-0.2, -0.15) is 0 Å². The molecule has 1 saturated carbocycles. The maximum absolute atomic E-state index is 13.3. The molecule has 3 heterocycles. The van der Waals surface area contributed by atoms with Crippen LogP contribution < -0.4 is 15.0 Å². The van der Waals surface area contributed by atoms with Gasteiger partial charge in [0.15, 0.2) is 0 Å². The molecule has 1 aromatic heterocycles. The second-order valence-corrected chi connectivity index (χ2v) is 8.98. The Morgan fingerprint density at radius 3 is 2.67 bits per heavy atom. The normalized spacial score (nSPS) is 24.5. The molecule has 2 aliphatic heterocycles. The number of nitrogens with one attached hydrogen (secondary N) is 1. The summed E-state index contributed by atoms with van der Waals surface area (Å²) in [5.74, 6) is 1.34. The summed E-state index contributed by atoms with van der Waals surface area (Å²) in [7, 11) is 1.60. The molecule has 1 unspecified atom stereocenters. The molecule has 3 aliphatic rings. The lowest BCUT2D eigenvalue weighted by atomic mass is 9.93. The largest absolute Gasteiger partial charge is 0.497 e. The van der Waals surface area contributed by atoms with Crippen molar-refractivity contribution in [2.45, 2.75) is 50.1 Å². The van der Waals surface area contributed by atoms with Crippen molar-refractivity contribution in [1.29, 1.82) is 0 Å². The molecule has 0 bridgehead atoms. The third-order valence-corrected chi connectivity index (χ3v) is 6.96. The van der Waals surface area contributed by atoms with Gasteiger partial charge in [-0.3, -0.25) is 25.0 Å². The standard InChI is InChI=1S/C25H29N5O3/c1-33-21-11-9-18(10-12-21)22(31)29-15-13-25(17-29)23(27-19-6-3-2-4-7-19)28-24(32)30(25)20-8-5-14-26-16-20/h5,8-12,14,16,19H,2-4,6-7,13,15,17H2,1H3,(H,27,28,32). The smallest absolute Gasteiger partial charge is 0.328 e. The SMILES string of the molecule is COc1ccc(C(=O)N2CCC3(C2)C(=NC2CCCCC2)NC(=O)N3c2cccnc2)cc1. The highest BCUT2D eigenvalue weighted by molar-refractivity contribution is 6.19. The molecule has 1 atom stereocenters. The number of methoxy groups -OCH3 is 1. The summed E-state index contributed by atoms with van der Waals surface area (Å²) in [5.41, 5.74) is 0.603.